The molecule has 4 heteroatoms. The van der Waals surface area contributed by atoms with Gasteiger partial charge in [0.25, 0.3) is 0 Å². The predicted molar refractivity (Wildman–Crippen MR) is 66.0 cm³/mol. The molecule has 0 fully saturated rings. The normalized spacial score (nSPS) is 17.2. The molecule has 4 nitrogen and oxygen atoms in total. The molecule has 0 radical (unpaired) electrons. The van der Waals surface area contributed by atoms with Crippen LogP contribution in [0.15, 0.2) is 42.6 Å². The first kappa shape index (κ1) is 10.9. The highest BCUT2D eigenvalue weighted by molar-refractivity contribution is 5.85. The number of ether oxygens (including phenoxy) is 1. The fourth-order valence-electron chi connectivity index (χ4n) is 2.34. The second-order valence-corrected chi connectivity index (χ2v) is 4.40. The first-order valence-electron chi connectivity index (χ1n) is 5.87. The Labute approximate surface area is 104 Å². The van der Waals surface area contributed by atoms with E-state index in [1.807, 2.05) is 24.3 Å². The van der Waals surface area contributed by atoms with Gasteiger partial charge in [0.1, 0.15) is 17.5 Å². The van der Waals surface area contributed by atoms with Crippen molar-refractivity contribution in [3.8, 4) is 5.75 Å². The molecule has 1 aliphatic rings. The van der Waals surface area contributed by atoms with Gasteiger partial charge in [-0.25, -0.2) is 4.79 Å². The zero-order chi connectivity index (χ0) is 12.5. The van der Waals surface area contributed by atoms with E-state index in [1.54, 1.807) is 22.9 Å². The quantitative estimate of drug-likeness (QED) is 0.899. The zero-order valence-electron chi connectivity index (χ0n) is 9.74. The number of carbonyl (C=O) groups is 1. The van der Waals surface area contributed by atoms with Crippen LogP contribution in [0.2, 0.25) is 0 Å². The lowest BCUT2D eigenvalue weighted by atomic mass is 10.1. The van der Waals surface area contributed by atoms with Crippen LogP contribution in [0.4, 0.5) is 0 Å². The molecule has 0 bridgehead atoms. The Kier molecular flexibility index (Phi) is 2.55. The smallest absolute Gasteiger partial charge is 0.352 e. The van der Waals surface area contributed by atoms with Crippen molar-refractivity contribution < 1.29 is 14.6 Å². The van der Waals surface area contributed by atoms with E-state index in [-0.39, 0.29) is 6.10 Å². The molecule has 2 aromatic rings. The summed E-state index contributed by atoms with van der Waals surface area (Å²) in [5.41, 5.74) is 1.49. The van der Waals surface area contributed by atoms with Gasteiger partial charge in [-0.1, -0.05) is 18.2 Å². The van der Waals surface area contributed by atoms with Gasteiger partial charge < -0.3 is 14.4 Å². The van der Waals surface area contributed by atoms with Crippen LogP contribution < -0.4 is 4.74 Å². The minimum Gasteiger partial charge on any atom is -0.488 e. The lowest BCUT2D eigenvalue weighted by Crippen LogP contribution is -2.22. The Hall–Kier alpha value is -2.23. The number of fused-ring (bicyclic) bond motifs is 1. The second-order valence-electron chi connectivity index (χ2n) is 4.40. The summed E-state index contributed by atoms with van der Waals surface area (Å²) < 4.78 is 7.52. The van der Waals surface area contributed by atoms with Gasteiger partial charge in [-0.05, 0) is 23.8 Å². The van der Waals surface area contributed by atoms with Gasteiger partial charge in [-0.3, -0.25) is 0 Å². The minimum absolute atomic E-state index is 0.00731. The van der Waals surface area contributed by atoms with E-state index in [1.165, 1.54) is 5.56 Å². The molecule has 1 aromatic carbocycles. The lowest BCUT2D eigenvalue weighted by molar-refractivity contribution is 0.0682. The van der Waals surface area contributed by atoms with Crippen LogP contribution in [0, 0.1) is 0 Å². The van der Waals surface area contributed by atoms with Crippen LogP contribution in [0.25, 0.3) is 0 Å². The van der Waals surface area contributed by atoms with Gasteiger partial charge in [-0.15, -0.1) is 0 Å². The highest BCUT2D eigenvalue weighted by atomic mass is 16.5. The molecule has 0 amide bonds. The maximum Gasteiger partial charge on any atom is 0.352 e. The van der Waals surface area contributed by atoms with Gasteiger partial charge in [-0.2, -0.15) is 0 Å². The molecule has 0 saturated carbocycles. The summed E-state index contributed by atoms with van der Waals surface area (Å²) >= 11 is 0. The number of rotatable bonds is 3. The Morgan fingerprint density at radius 1 is 1.33 bits per heavy atom. The van der Waals surface area contributed by atoms with Crippen molar-refractivity contribution in [3.05, 3.63) is 53.9 Å². The first-order chi connectivity index (χ1) is 8.74. The fourth-order valence-corrected chi connectivity index (χ4v) is 2.34. The zero-order valence-corrected chi connectivity index (χ0v) is 9.74. The predicted octanol–water partition coefficient (Wildman–Crippen LogP) is 2.19. The van der Waals surface area contributed by atoms with E-state index < -0.39 is 5.97 Å². The van der Waals surface area contributed by atoms with Crippen molar-refractivity contribution in [1.82, 2.24) is 4.57 Å². The van der Waals surface area contributed by atoms with Crippen molar-refractivity contribution in [2.75, 3.05) is 0 Å². The number of aromatic carboxylic acids is 1. The van der Waals surface area contributed by atoms with Crippen LogP contribution in [-0.4, -0.2) is 21.7 Å². The minimum atomic E-state index is -0.907. The van der Waals surface area contributed by atoms with Gasteiger partial charge in [0.2, 0.25) is 0 Å². The summed E-state index contributed by atoms with van der Waals surface area (Å²) in [5.74, 6) is 0.00189. The number of carboxylic acids is 1. The van der Waals surface area contributed by atoms with Crippen LogP contribution in [0.3, 0.4) is 0 Å². The molecule has 18 heavy (non-hydrogen) atoms. The number of para-hydroxylation sites is 1. The van der Waals surface area contributed by atoms with Crippen LogP contribution in [-0.2, 0) is 13.0 Å². The number of carboxylic acid groups (broad SMARTS) is 1. The third-order valence-corrected chi connectivity index (χ3v) is 3.16. The first-order valence-corrected chi connectivity index (χ1v) is 5.87. The number of hydrogen-bond acceptors (Lipinski definition) is 2. The molecule has 1 N–H and O–H groups in total. The molecule has 1 atom stereocenters. The summed E-state index contributed by atoms with van der Waals surface area (Å²) in [6.07, 6.45) is 2.61. The fraction of sp³-hybridized carbons (Fsp3) is 0.214. The molecule has 1 unspecified atom stereocenters. The monoisotopic (exact) mass is 243 g/mol. The van der Waals surface area contributed by atoms with Crippen molar-refractivity contribution in [3.63, 3.8) is 0 Å². The molecular weight excluding hydrogens is 230 g/mol. The molecule has 0 saturated heterocycles. The molecular formula is C14H13NO3. The van der Waals surface area contributed by atoms with E-state index in [9.17, 15) is 4.79 Å². The van der Waals surface area contributed by atoms with Gasteiger partial charge in [0, 0.05) is 12.6 Å². The third-order valence-electron chi connectivity index (χ3n) is 3.16. The van der Waals surface area contributed by atoms with Crippen LogP contribution in [0.5, 0.6) is 5.75 Å². The van der Waals surface area contributed by atoms with Gasteiger partial charge in [0.05, 0.1) is 6.54 Å². The number of benzene rings is 1. The molecule has 92 valence electrons. The van der Waals surface area contributed by atoms with E-state index in [4.69, 9.17) is 9.84 Å². The van der Waals surface area contributed by atoms with Crippen molar-refractivity contribution in [2.24, 2.45) is 0 Å². The Balaban J connectivity index is 1.76. The maximum atomic E-state index is 11.0. The topological polar surface area (TPSA) is 51.5 Å². The third kappa shape index (κ3) is 1.86. The molecule has 2 heterocycles. The largest absolute Gasteiger partial charge is 0.488 e. The second kappa shape index (κ2) is 4.22. The Bertz CT molecular complexity index is 563. The van der Waals surface area contributed by atoms with Gasteiger partial charge >= 0.3 is 5.97 Å². The summed E-state index contributed by atoms with van der Waals surface area (Å²) in [5, 5.41) is 9.04. The summed E-state index contributed by atoms with van der Waals surface area (Å²) in [7, 11) is 0. The molecule has 3 rings (SSSR count). The van der Waals surface area contributed by atoms with E-state index in [0.717, 1.165) is 12.2 Å². The molecule has 1 aliphatic heterocycles. The molecule has 0 aliphatic carbocycles. The highest BCUT2D eigenvalue weighted by Crippen LogP contribution is 2.28. The summed E-state index contributed by atoms with van der Waals surface area (Å²) in [6, 6.07) is 11.3. The SMILES string of the molecule is O=C(O)c1cccn1CC1Cc2ccccc2O1. The molecule has 0 spiro atoms. The van der Waals surface area contributed by atoms with Gasteiger partial charge in [0.15, 0.2) is 0 Å². The van der Waals surface area contributed by atoms with E-state index in [0.29, 0.717) is 12.2 Å². The van der Waals surface area contributed by atoms with E-state index >= 15 is 0 Å². The standard InChI is InChI=1S/C14H13NO3/c16-14(17)12-5-3-7-15(12)9-11-8-10-4-1-2-6-13(10)18-11/h1-7,11H,8-9H2,(H,16,17). The van der Waals surface area contributed by atoms with E-state index in [2.05, 4.69) is 0 Å². The van der Waals surface area contributed by atoms with Crippen molar-refractivity contribution in [1.29, 1.82) is 0 Å². The summed E-state index contributed by atoms with van der Waals surface area (Å²) in [4.78, 5) is 11.0. The number of aromatic nitrogens is 1. The summed E-state index contributed by atoms with van der Waals surface area (Å²) in [6.45, 7) is 0.559. The van der Waals surface area contributed by atoms with Crippen LogP contribution in [0.1, 0.15) is 16.1 Å². The van der Waals surface area contributed by atoms with Crippen molar-refractivity contribution in [2.45, 2.75) is 19.1 Å². The average Bonchev–Trinajstić information content (AvgIpc) is 2.94. The maximum absolute atomic E-state index is 11.0. The Morgan fingerprint density at radius 2 is 2.17 bits per heavy atom. The lowest BCUT2D eigenvalue weighted by Gasteiger charge is -2.13. The number of hydrogen-bond donors (Lipinski definition) is 1. The van der Waals surface area contributed by atoms with Crippen molar-refractivity contribution >= 4 is 5.97 Å². The molecule has 1 aromatic heterocycles. The number of nitrogens with zero attached hydrogens (tertiary/aromatic N) is 1. The Morgan fingerprint density at radius 3 is 2.94 bits per heavy atom. The van der Waals surface area contributed by atoms with Crippen LogP contribution >= 0.6 is 0 Å². The highest BCUT2D eigenvalue weighted by Gasteiger charge is 2.23. The average molecular weight is 243 g/mol.